The molecule has 2 heterocycles. The lowest BCUT2D eigenvalue weighted by atomic mass is 9.87. The summed E-state index contributed by atoms with van der Waals surface area (Å²) in [6.07, 6.45) is 1.49. The Morgan fingerprint density at radius 2 is 2.18 bits per heavy atom. The molecule has 0 saturated carbocycles. The zero-order chi connectivity index (χ0) is 12.6. The van der Waals surface area contributed by atoms with E-state index in [1.54, 1.807) is 17.9 Å². The predicted octanol–water partition coefficient (Wildman–Crippen LogP) is 1.38. The van der Waals surface area contributed by atoms with Gasteiger partial charge in [-0.2, -0.15) is 0 Å². The van der Waals surface area contributed by atoms with E-state index >= 15 is 0 Å². The molecule has 1 saturated heterocycles. The van der Waals surface area contributed by atoms with Gasteiger partial charge in [-0.25, -0.2) is 0 Å². The number of carboxylic acid groups (broad SMARTS) is 1. The number of furan rings is 1. The molecule has 1 aromatic heterocycles. The van der Waals surface area contributed by atoms with Crippen LogP contribution in [0.4, 0.5) is 0 Å². The molecule has 17 heavy (non-hydrogen) atoms. The molecule has 0 bridgehead atoms. The average Bonchev–Trinajstić information content (AvgIpc) is 2.61. The third-order valence-electron chi connectivity index (χ3n) is 3.35. The van der Waals surface area contributed by atoms with Crippen molar-refractivity contribution in [1.29, 1.82) is 0 Å². The SMILES string of the molecule is Cc1ccoc1C(=O)N1CC(C(C)C(=O)O)C1. The molecule has 5 heteroatoms. The maximum atomic E-state index is 11.9. The van der Waals surface area contributed by atoms with Crippen molar-refractivity contribution in [3.8, 4) is 0 Å². The Morgan fingerprint density at radius 1 is 1.53 bits per heavy atom. The Balaban J connectivity index is 1.95. The van der Waals surface area contributed by atoms with Crippen LogP contribution in [-0.2, 0) is 4.79 Å². The number of hydrogen-bond acceptors (Lipinski definition) is 3. The molecule has 2 rings (SSSR count). The minimum atomic E-state index is -0.809. The van der Waals surface area contributed by atoms with E-state index in [0.29, 0.717) is 18.8 Å². The fourth-order valence-electron chi connectivity index (χ4n) is 1.93. The number of nitrogens with zero attached hydrogens (tertiary/aromatic N) is 1. The number of carboxylic acids is 1. The van der Waals surface area contributed by atoms with Gasteiger partial charge in [-0.3, -0.25) is 9.59 Å². The van der Waals surface area contributed by atoms with Gasteiger partial charge in [0.2, 0.25) is 0 Å². The summed E-state index contributed by atoms with van der Waals surface area (Å²) < 4.78 is 5.12. The quantitative estimate of drug-likeness (QED) is 0.862. The number of hydrogen-bond donors (Lipinski definition) is 1. The number of rotatable bonds is 3. The van der Waals surface area contributed by atoms with Crippen LogP contribution in [0.25, 0.3) is 0 Å². The van der Waals surface area contributed by atoms with Gasteiger partial charge in [0.05, 0.1) is 12.2 Å². The fraction of sp³-hybridized carbons (Fsp3) is 0.500. The van der Waals surface area contributed by atoms with Crippen LogP contribution in [0.5, 0.6) is 0 Å². The molecule has 0 aromatic carbocycles. The predicted molar refractivity (Wildman–Crippen MR) is 59.6 cm³/mol. The highest BCUT2D eigenvalue weighted by Gasteiger charge is 2.38. The maximum Gasteiger partial charge on any atom is 0.306 e. The van der Waals surface area contributed by atoms with E-state index in [9.17, 15) is 9.59 Å². The van der Waals surface area contributed by atoms with E-state index in [2.05, 4.69) is 0 Å². The van der Waals surface area contributed by atoms with Gasteiger partial charge in [-0.05, 0) is 13.0 Å². The topological polar surface area (TPSA) is 70.8 Å². The second kappa shape index (κ2) is 4.24. The summed E-state index contributed by atoms with van der Waals surface area (Å²) in [7, 11) is 0. The second-order valence-corrected chi connectivity index (χ2v) is 4.53. The molecule has 1 fully saturated rings. The summed E-state index contributed by atoms with van der Waals surface area (Å²) in [5.74, 6) is -0.965. The van der Waals surface area contributed by atoms with E-state index in [4.69, 9.17) is 9.52 Å². The summed E-state index contributed by atoms with van der Waals surface area (Å²) in [6, 6.07) is 1.74. The highest BCUT2D eigenvalue weighted by molar-refractivity contribution is 5.93. The molecular weight excluding hydrogens is 222 g/mol. The number of amides is 1. The summed E-state index contributed by atoms with van der Waals surface area (Å²) in [5.41, 5.74) is 0.810. The zero-order valence-electron chi connectivity index (χ0n) is 9.84. The molecule has 1 unspecified atom stereocenters. The lowest BCUT2D eigenvalue weighted by Gasteiger charge is -2.40. The molecule has 0 spiro atoms. The second-order valence-electron chi connectivity index (χ2n) is 4.53. The number of carbonyl (C=O) groups excluding carboxylic acids is 1. The summed E-state index contributed by atoms with van der Waals surface area (Å²) in [4.78, 5) is 24.3. The normalized spacial score (nSPS) is 17.6. The Hall–Kier alpha value is -1.78. The van der Waals surface area contributed by atoms with Crippen LogP contribution >= 0.6 is 0 Å². The molecule has 1 atom stereocenters. The van der Waals surface area contributed by atoms with E-state index < -0.39 is 11.9 Å². The van der Waals surface area contributed by atoms with E-state index in [1.165, 1.54) is 6.26 Å². The Morgan fingerprint density at radius 3 is 2.65 bits per heavy atom. The highest BCUT2D eigenvalue weighted by Crippen LogP contribution is 2.26. The van der Waals surface area contributed by atoms with Gasteiger partial charge in [0.15, 0.2) is 5.76 Å². The van der Waals surface area contributed by atoms with Gasteiger partial charge >= 0.3 is 5.97 Å². The lowest BCUT2D eigenvalue weighted by molar-refractivity contribution is -0.144. The van der Waals surface area contributed by atoms with Gasteiger partial charge in [0.1, 0.15) is 0 Å². The Bertz CT molecular complexity index is 445. The van der Waals surface area contributed by atoms with Crippen LogP contribution in [0.1, 0.15) is 23.0 Å². The fourth-order valence-corrected chi connectivity index (χ4v) is 1.93. The van der Waals surface area contributed by atoms with Crippen molar-refractivity contribution in [2.45, 2.75) is 13.8 Å². The van der Waals surface area contributed by atoms with Crippen molar-refractivity contribution < 1.29 is 19.1 Å². The highest BCUT2D eigenvalue weighted by atomic mass is 16.4. The van der Waals surface area contributed by atoms with Crippen molar-refractivity contribution >= 4 is 11.9 Å². The molecular formula is C12H15NO4. The zero-order valence-corrected chi connectivity index (χ0v) is 9.84. The van der Waals surface area contributed by atoms with Crippen LogP contribution in [0.3, 0.4) is 0 Å². The first-order chi connectivity index (χ1) is 8.00. The lowest BCUT2D eigenvalue weighted by Crippen LogP contribution is -2.53. The van der Waals surface area contributed by atoms with Crippen LogP contribution in [0.2, 0.25) is 0 Å². The Kier molecular flexibility index (Phi) is 2.92. The van der Waals surface area contributed by atoms with Gasteiger partial charge in [0.25, 0.3) is 5.91 Å². The van der Waals surface area contributed by atoms with Crippen molar-refractivity contribution in [2.75, 3.05) is 13.1 Å². The number of aliphatic carboxylic acids is 1. The average molecular weight is 237 g/mol. The minimum absolute atomic E-state index is 0.0479. The van der Waals surface area contributed by atoms with Gasteiger partial charge < -0.3 is 14.4 Å². The first-order valence-electron chi connectivity index (χ1n) is 5.57. The van der Waals surface area contributed by atoms with Crippen LogP contribution in [0.15, 0.2) is 16.7 Å². The third kappa shape index (κ3) is 2.05. The number of likely N-dealkylation sites (tertiary alicyclic amines) is 1. The molecule has 1 aliphatic heterocycles. The summed E-state index contributed by atoms with van der Waals surface area (Å²) >= 11 is 0. The number of aryl methyl sites for hydroxylation is 1. The van der Waals surface area contributed by atoms with Gasteiger partial charge in [-0.15, -0.1) is 0 Å². The van der Waals surface area contributed by atoms with Crippen LogP contribution in [-0.4, -0.2) is 35.0 Å². The summed E-state index contributed by atoms with van der Waals surface area (Å²) in [5, 5.41) is 8.85. The van der Waals surface area contributed by atoms with Crippen LogP contribution in [0, 0.1) is 18.8 Å². The molecule has 0 aliphatic carbocycles. The monoisotopic (exact) mass is 237 g/mol. The smallest absolute Gasteiger partial charge is 0.306 e. The van der Waals surface area contributed by atoms with Crippen molar-refractivity contribution in [1.82, 2.24) is 4.90 Å². The minimum Gasteiger partial charge on any atom is -0.481 e. The molecule has 0 radical (unpaired) electrons. The van der Waals surface area contributed by atoms with Crippen LogP contribution < -0.4 is 0 Å². The van der Waals surface area contributed by atoms with Crippen molar-refractivity contribution in [3.63, 3.8) is 0 Å². The first kappa shape index (κ1) is 11.7. The molecule has 1 aromatic rings. The van der Waals surface area contributed by atoms with Crippen molar-refractivity contribution in [3.05, 3.63) is 23.7 Å². The van der Waals surface area contributed by atoms with E-state index in [1.807, 2.05) is 6.92 Å². The summed E-state index contributed by atoms with van der Waals surface area (Å²) in [6.45, 7) is 4.47. The molecule has 5 nitrogen and oxygen atoms in total. The molecule has 1 N–H and O–H groups in total. The van der Waals surface area contributed by atoms with Gasteiger partial charge in [0, 0.05) is 24.6 Å². The van der Waals surface area contributed by atoms with E-state index in [-0.39, 0.29) is 11.8 Å². The third-order valence-corrected chi connectivity index (χ3v) is 3.35. The first-order valence-corrected chi connectivity index (χ1v) is 5.57. The molecule has 1 aliphatic rings. The number of carbonyl (C=O) groups is 2. The van der Waals surface area contributed by atoms with Gasteiger partial charge in [-0.1, -0.05) is 6.92 Å². The van der Waals surface area contributed by atoms with E-state index in [0.717, 1.165) is 5.56 Å². The standard InChI is InChI=1S/C12H15NO4/c1-7-3-4-17-10(7)11(14)13-5-9(6-13)8(2)12(15)16/h3-4,8-9H,5-6H2,1-2H3,(H,15,16). The van der Waals surface area contributed by atoms with Crippen molar-refractivity contribution in [2.24, 2.45) is 11.8 Å². The Labute approximate surface area is 99.0 Å². The molecule has 1 amide bonds. The molecule has 92 valence electrons. The maximum absolute atomic E-state index is 11.9. The largest absolute Gasteiger partial charge is 0.481 e.